The van der Waals surface area contributed by atoms with Crippen LogP contribution in [-0.4, -0.2) is 38.5 Å². The van der Waals surface area contributed by atoms with Crippen molar-refractivity contribution < 1.29 is 9.47 Å². The van der Waals surface area contributed by atoms with Gasteiger partial charge in [0.05, 0.1) is 13.2 Å². The number of nitrogens with one attached hydrogen (secondary N) is 1. The highest BCUT2D eigenvalue weighted by Gasteiger charge is 2.06. The summed E-state index contributed by atoms with van der Waals surface area (Å²) in [7, 11) is 1.67. The molecule has 1 rings (SSSR count). The Morgan fingerprint density at radius 2 is 2.11 bits per heavy atom. The van der Waals surface area contributed by atoms with E-state index >= 15 is 0 Å². The van der Waals surface area contributed by atoms with Crippen LogP contribution in [0.3, 0.4) is 0 Å². The standard InChI is InChI=1S/C14H22N2O2S/c1-11-5-3-6-12(14(15)19)13(11)16-7-4-8-18-10-9-17-2/h3,5-6,16H,4,7-10H2,1-2H3,(H2,15,19). The normalized spacial score (nSPS) is 10.4. The number of aryl methyl sites for hydroxylation is 1. The zero-order chi connectivity index (χ0) is 14.1. The molecule has 0 heterocycles. The molecule has 1 aromatic carbocycles. The molecule has 0 aliphatic rings. The molecule has 4 nitrogen and oxygen atoms in total. The molecule has 0 amide bonds. The van der Waals surface area contributed by atoms with E-state index in [1.54, 1.807) is 7.11 Å². The van der Waals surface area contributed by atoms with Crippen molar-refractivity contribution in [2.24, 2.45) is 5.73 Å². The lowest BCUT2D eigenvalue weighted by atomic mass is 10.1. The molecule has 0 spiro atoms. The minimum Gasteiger partial charge on any atom is -0.389 e. The second-order valence-electron chi connectivity index (χ2n) is 4.25. The van der Waals surface area contributed by atoms with Gasteiger partial charge in [-0.25, -0.2) is 0 Å². The zero-order valence-electron chi connectivity index (χ0n) is 11.6. The monoisotopic (exact) mass is 282 g/mol. The number of nitrogens with two attached hydrogens (primary N) is 1. The van der Waals surface area contributed by atoms with Gasteiger partial charge in [0.1, 0.15) is 4.99 Å². The van der Waals surface area contributed by atoms with E-state index in [0.29, 0.717) is 24.8 Å². The maximum Gasteiger partial charge on any atom is 0.106 e. The Morgan fingerprint density at radius 3 is 2.79 bits per heavy atom. The summed E-state index contributed by atoms with van der Waals surface area (Å²) < 4.78 is 10.3. The van der Waals surface area contributed by atoms with Crippen LogP contribution >= 0.6 is 12.2 Å². The summed E-state index contributed by atoms with van der Waals surface area (Å²) in [6.07, 6.45) is 0.925. The Bertz CT molecular complexity index is 410. The first-order valence-corrected chi connectivity index (χ1v) is 6.77. The SMILES string of the molecule is COCCOCCCNc1c(C)cccc1C(N)=S. The first-order chi connectivity index (χ1) is 9.16. The summed E-state index contributed by atoms with van der Waals surface area (Å²) >= 11 is 5.06. The van der Waals surface area contributed by atoms with Crippen molar-refractivity contribution in [1.82, 2.24) is 0 Å². The molecular weight excluding hydrogens is 260 g/mol. The molecule has 0 unspecified atom stereocenters. The largest absolute Gasteiger partial charge is 0.389 e. The molecule has 0 atom stereocenters. The lowest BCUT2D eigenvalue weighted by Crippen LogP contribution is -2.15. The highest BCUT2D eigenvalue weighted by molar-refractivity contribution is 7.80. The molecule has 0 fully saturated rings. The number of thiocarbonyl (C=S) groups is 1. The number of hydrogen-bond donors (Lipinski definition) is 2. The summed E-state index contributed by atoms with van der Waals surface area (Å²) in [4.78, 5) is 0.419. The summed E-state index contributed by atoms with van der Waals surface area (Å²) in [6.45, 7) is 4.85. The van der Waals surface area contributed by atoms with Gasteiger partial charge >= 0.3 is 0 Å². The van der Waals surface area contributed by atoms with Gasteiger partial charge in [-0.05, 0) is 25.0 Å². The minimum atomic E-state index is 0.419. The third-order valence-electron chi connectivity index (χ3n) is 2.74. The van der Waals surface area contributed by atoms with E-state index in [1.165, 1.54) is 0 Å². The van der Waals surface area contributed by atoms with E-state index < -0.39 is 0 Å². The fraction of sp³-hybridized carbons (Fsp3) is 0.500. The van der Waals surface area contributed by atoms with E-state index in [9.17, 15) is 0 Å². The average Bonchev–Trinajstić information content (AvgIpc) is 2.39. The molecular formula is C14H22N2O2S. The van der Waals surface area contributed by atoms with E-state index in [1.807, 2.05) is 25.1 Å². The van der Waals surface area contributed by atoms with Crippen molar-refractivity contribution in [3.8, 4) is 0 Å². The zero-order valence-corrected chi connectivity index (χ0v) is 12.4. The molecule has 19 heavy (non-hydrogen) atoms. The molecule has 0 aromatic heterocycles. The predicted molar refractivity (Wildman–Crippen MR) is 82.9 cm³/mol. The first-order valence-electron chi connectivity index (χ1n) is 6.36. The van der Waals surface area contributed by atoms with Crippen LogP contribution in [-0.2, 0) is 9.47 Å². The molecule has 3 N–H and O–H groups in total. The van der Waals surface area contributed by atoms with Crippen molar-refractivity contribution in [1.29, 1.82) is 0 Å². The van der Waals surface area contributed by atoms with Crippen LogP contribution < -0.4 is 11.1 Å². The van der Waals surface area contributed by atoms with Gasteiger partial charge in [0, 0.05) is 31.5 Å². The van der Waals surface area contributed by atoms with Crippen LogP contribution in [0.5, 0.6) is 0 Å². The molecule has 0 bridgehead atoms. The minimum absolute atomic E-state index is 0.419. The van der Waals surface area contributed by atoms with Gasteiger partial charge in [-0.3, -0.25) is 0 Å². The maximum absolute atomic E-state index is 5.72. The van der Waals surface area contributed by atoms with Gasteiger partial charge in [0.15, 0.2) is 0 Å². The lowest BCUT2D eigenvalue weighted by molar-refractivity contribution is 0.0705. The van der Waals surface area contributed by atoms with Gasteiger partial charge < -0.3 is 20.5 Å². The average molecular weight is 282 g/mol. The smallest absolute Gasteiger partial charge is 0.106 e. The van der Waals surface area contributed by atoms with Crippen LogP contribution in [0.2, 0.25) is 0 Å². The van der Waals surface area contributed by atoms with Crippen molar-refractivity contribution >= 4 is 22.9 Å². The summed E-state index contributed by atoms with van der Waals surface area (Å²) in [6, 6.07) is 5.94. The Hall–Kier alpha value is -1.17. The van der Waals surface area contributed by atoms with Crippen LogP contribution in [0.15, 0.2) is 18.2 Å². The van der Waals surface area contributed by atoms with Crippen molar-refractivity contribution in [2.75, 3.05) is 38.8 Å². The maximum atomic E-state index is 5.72. The Morgan fingerprint density at radius 1 is 1.32 bits per heavy atom. The van der Waals surface area contributed by atoms with E-state index in [-0.39, 0.29) is 0 Å². The number of anilines is 1. The van der Waals surface area contributed by atoms with Gasteiger partial charge in [0.2, 0.25) is 0 Å². The number of benzene rings is 1. The van der Waals surface area contributed by atoms with Gasteiger partial charge in [-0.15, -0.1) is 0 Å². The Labute approximate surface area is 120 Å². The number of hydrogen-bond acceptors (Lipinski definition) is 4. The number of rotatable bonds is 9. The predicted octanol–water partition coefficient (Wildman–Crippen LogP) is 2.09. The fourth-order valence-corrected chi connectivity index (χ4v) is 1.91. The second kappa shape index (κ2) is 8.85. The van der Waals surface area contributed by atoms with Gasteiger partial charge in [-0.1, -0.05) is 24.4 Å². The Kier molecular flexibility index (Phi) is 7.40. The number of ether oxygens (including phenoxy) is 2. The number of para-hydroxylation sites is 1. The van der Waals surface area contributed by atoms with Crippen molar-refractivity contribution in [3.05, 3.63) is 29.3 Å². The molecule has 0 saturated carbocycles. The second-order valence-corrected chi connectivity index (χ2v) is 4.69. The van der Waals surface area contributed by atoms with E-state index in [4.69, 9.17) is 27.4 Å². The van der Waals surface area contributed by atoms with Crippen molar-refractivity contribution in [3.63, 3.8) is 0 Å². The van der Waals surface area contributed by atoms with E-state index in [2.05, 4.69) is 5.32 Å². The topological polar surface area (TPSA) is 56.5 Å². The van der Waals surface area contributed by atoms with Crippen LogP contribution in [0.25, 0.3) is 0 Å². The van der Waals surface area contributed by atoms with Crippen molar-refractivity contribution in [2.45, 2.75) is 13.3 Å². The third kappa shape index (κ3) is 5.55. The summed E-state index contributed by atoms with van der Waals surface area (Å²) in [5.74, 6) is 0. The van der Waals surface area contributed by atoms with E-state index in [0.717, 1.165) is 29.8 Å². The molecule has 106 valence electrons. The molecule has 1 aromatic rings. The fourth-order valence-electron chi connectivity index (χ4n) is 1.74. The highest BCUT2D eigenvalue weighted by Crippen LogP contribution is 2.20. The number of methoxy groups -OCH3 is 1. The molecule has 5 heteroatoms. The molecule has 0 radical (unpaired) electrons. The lowest BCUT2D eigenvalue weighted by Gasteiger charge is -2.14. The summed E-state index contributed by atoms with van der Waals surface area (Å²) in [5, 5.41) is 3.38. The first kappa shape index (κ1) is 15.9. The molecule has 0 aliphatic heterocycles. The molecule has 0 aliphatic carbocycles. The Balaban J connectivity index is 2.38. The van der Waals surface area contributed by atoms with Crippen LogP contribution in [0.4, 0.5) is 5.69 Å². The third-order valence-corrected chi connectivity index (χ3v) is 2.96. The highest BCUT2D eigenvalue weighted by atomic mass is 32.1. The molecule has 0 saturated heterocycles. The quantitative estimate of drug-likeness (QED) is 0.536. The summed E-state index contributed by atoms with van der Waals surface area (Å²) in [5.41, 5.74) is 8.78. The van der Waals surface area contributed by atoms with Crippen LogP contribution in [0.1, 0.15) is 17.5 Å². The van der Waals surface area contributed by atoms with Crippen LogP contribution in [0, 0.1) is 6.92 Å². The van der Waals surface area contributed by atoms with Gasteiger partial charge in [-0.2, -0.15) is 0 Å². The van der Waals surface area contributed by atoms with Gasteiger partial charge in [0.25, 0.3) is 0 Å².